The van der Waals surface area contributed by atoms with Gasteiger partial charge in [-0.3, -0.25) is 0 Å². The van der Waals surface area contributed by atoms with Gasteiger partial charge in [0.1, 0.15) is 23.5 Å². The van der Waals surface area contributed by atoms with E-state index in [0.29, 0.717) is 6.42 Å². The van der Waals surface area contributed by atoms with Gasteiger partial charge in [0.2, 0.25) is 0 Å². The fourth-order valence-electron chi connectivity index (χ4n) is 2.41. The summed E-state index contributed by atoms with van der Waals surface area (Å²) in [6.07, 6.45) is -0.874. The van der Waals surface area contributed by atoms with Crippen molar-refractivity contribution >= 4 is 22.0 Å². The Hall–Kier alpha value is -1.27. The Morgan fingerprint density at radius 2 is 2.18 bits per heavy atom. The second-order valence-corrected chi connectivity index (χ2v) is 7.51. The zero-order valence-corrected chi connectivity index (χ0v) is 14.9. The molecule has 2 rings (SSSR count). The number of carbonyl (C=O) groups excluding carboxylic acids is 1. The highest BCUT2D eigenvalue weighted by molar-refractivity contribution is 9.10. The van der Waals surface area contributed by atoms with Gasteiger partial charge < -0.3 is 19.9 Å². The molecule has 1 aliphatic rings. The summed E-state index contributed by atoms with van der Waals surface area (Å²) in [4.78, 5) is 12.1. The number of carbonyl (C=O) groups is 1. The highest BCUT2D eigenvalue weighted by Crippen LogP contribution is 2.36. The number of benzene rings is 1. The lowest BCUT2D eigenvalue weighted by Gasteiger charge is -2.41. The van der Waals surface area contributed by atoms with Crippen LogP contribution in [0.25, 0.3) is 0 Å². The molecule has 0 fully saturated rings. The Morgan fingerprint density at radius 3 is 2.77 bits per heavy atom. The maximum Gasteiger partial charge on any atom is 0.408 e. The normalized spacial score (nSPS) is 22.3. The van der Waals surface area contributed by atoms with E-state index in [1.54, 1.807) is 27.7 Å². The number of hydrogen-bond donors (Lipinski definition) is 2. The van der Waals surface area contributed by atoms with Gasteiger partial charge in [-0.1, -0.05) is 12.1 Å². The van der Waals surface area contributed by atoms with Crippen LogP contribution < -0.4 is 10.1 Å². The summed E-state index contributed by atoms with van der Waals surface area (Å²) in [6, 6.07) is 5.72. The SMILES string of the molecule is CC(O)C1(NC(=O)OC(C)(C)C)COc2c(Br)cccc2C1. The second kappa shape index (κ2) is 6.08. The van der Waals surface area contributed by atoms with E-state index in [9.17, 15) is 9.90 Å². The summed E-state index contributed by atoms with van der Waals surface area (Å²) in [5.74, 6) is 0.754. The quantitative estimate of drug-likeness (QED) is 0.838. The molecule has 2 N–H and O–H groups in total. The molecule has 1 aromatic rings. The van der Waals surface area contributed by atoms with Crippen LogP contribution in [0.5, 0.6) is 5.75 Å². The molecule has 0 spiro atoms. The summed E-state index contributed by atoms with van der Waals surface area (Å²) in [5, 5.41) is 13.0. The molecule has 0 saturated heterocycles. The van der Waals surface area contributed by atoms with Gasteiger partial charge in [-0.15, -0.1) is 0 Å². The Bertz CT molecular complexity index is 568. The third kappa shape index (κ3) is 3.73. The van der Waals surface area contributed by atoms with Gasteiger partial charge in [-0.2, -0.15) is 0 Å². The molecule has 22 heavy (non-hydrogen) atoms. The Kier molecular flexibility index (Phi) is 4.73. The first-order valence-corrected chi connectivity index (χ1v) is 8.02. The fraction of sp³-hybridized carbons (Fsp3) is 0.562. The zero-order valence-electron chi connectivity index (χ0n) is 13.3. The first-order chi connectivity index (χ1) is 10.1. The number of alkyl carbamates (subject to hydrolysis) is 1. The van der Waals surface area contributed by atoms with Crippen LogP contribution in [0.15, 0.2) is 22.7 Å². The van der Waals surface area contributed by atoms with Crippen molar-refractivity contribution in [3.05, 3.63) is 28.2 Å². The van der Waals surface area contributed by atoms with Gasteiger partial charge in [-0.05, 0) is 55.3 Å². The largest absolute Gasteiger partial charge is 0.490 e. The minimum Gasteiger partial charge on any atom is -0.490 e. The van der Waals surface area contributed by atoms with E-state index >= 15 is 0 Å². The van der Waals surface area contributed by atoms with Crippen molar-refractivity contribution < 1.29 is 19.4 Å². The van der Waals surface area contributed by atoms with Gasteiger partial charge in [0, 0.05) is 6.42 Å². The van der Waals surface area contributed by atoms with Crippen LogP contribution >= 0.6 is 15.9 Å². The summed E-state index contributed by atoms with van der Waals surface area (Å²) < 4.78 is 11.9. The van der Waals surface area contributed by atoms with Crippen molar-refractivity contribution in [2.24, 2.45) is 0 Å². The van der Waals surface area contributed by atoms with Gasteiger partial charge in [-0.25, -0.2) is 4.79 Å². The molecule has 1 heterocycles. The molecule has 2 atom stereocenters. The van der Waals surface area contributed by atoms with Crippen molar-refractivity contribution in [1.82, 2.24) is 5.32 Å². The third-order valence-corrected chi connectivity index (χ3v) is 4.20. The van der Waals surface area contributed by atoms with Crippen LogP contribution in [0.3, 0.4) is 0 Å². The minimum atomic E-state index is -0.907. The van der Waals surface area contributed by atoms with Gasteiger partial charge >= 0.3 is 6.09 Å². The average molecular weight is 372 g/mol. The second-order valence-electron chi connectivity index (χ2n) is 6.65. The number of fused-ring (bicyclic) bond motifs is 1. The first-order valence-electron chi connectivity index (χ1n) is 7.22. The van der Waals surface area contributed by atoms with Crippen molar-refractivity contribution in [3.63, 3.8) is 0 Å². The number of para-hydroxylation sites is 1. The molecular weight excluding hydrogens is 350 g/mol. The first kappa shape index (κ1) is 17.1. The molecule has 1 aromatic carbocycles. The molecule has 0 saturated carbocycles. The average Bonchev–Trinajstić information content (AvgIpc) is 2.36. The number of nitrogens with one attached hydrogen (secondary N) is 1. The number of rotatable bonds is 2. The van der Waals surface area contributed by atoms with E-state index in [2.05, 4.69) is 21.2 Å². The molecule has 0 aromatic heterocycles. The predicted octanol–water partition coefficient (Wildman–Crippen LogP) is 3.03. The van der Waals surface area contributed by atoms with Gasteiger partial charge in [0.05, 0.1) is 10.6 Å². The van der Waals surface area contributed by atoms with Crippen LogP contribution in [0.1, 0.15) is 33.3 Å². The van der Waals surface area contributed by atoms with Crippen LogP contribution in [-0.4, -0.2) is 35.1 Å². The van der Waals surface area contributed by atoms with Crippen molar-refractivity contribution in [3.8, 4) is 5.75 Å². The molecule has 6 heteroatoms. The lowest BCUT2D eigenvalue weighted by molar-refractivity contribution is 0.00442. The Labute approximate surface area is 139 Å². The van der Waals surface area contributed by atoms with Crippen molar-refractivity contribution in [1.29, 1.82) is 0 Å². The number of hydrogen-bond acceptors (Lipinski definition) is 4. The Balaban J connectivity index is 2.23. The van der Waals surface area contributed by atoms with Gasteiger partial charge in [0.25, 0.3) is 0 Å². The van der Waals surface area contributed by atoms with E-state index in [1.165, 1.54) is 0 Å². The molecule has 5 nitrogen and oxygen atoms in total. The maximum atomic E-state index is 12.1. The summed E-state index contributed by atoms with van der Waals surface area (Å²) in [7, 11) is 0. The predicted molar refractivity (Wildman–Crippen MR) is 87.1 cm³/mol. The molecule has 0 aliphatic carbocycles. The van der Waals surface area contributed by atoms with Crippen LogP contribution in [0.4, 0.5) is 4.79 Å². The van der Waals surface area contributed by atoms with E-state index in [0.717, 1.165) is 15.8 Å². The number of aliphatic hydroxyl groups excluding tert-OH is 1. The van der Waals surface area contributed by atoms with E-state index in [4.69, 9.17) is 9.47 Å². The summed E-state index contributed by atoms with van der Waals surface area (Å²) >= 11 is 3.45. The lowest BCUT2D eigenvalue weighted by atomic mass is 9.84. The summed E-state index contributed by atoms with van der Waals surface area (Å²) in [5.41, 5.74) is -0.575. The lowest BCUT2D eigenvalue weighted by Crippen LogP contribution is -2.62. The van der Waals surface area contributed by atoms with Gasteiger partial charge in [0.15, 0.2) is 0 Å². The molecule has 2 unspecified atom stereocenters. The number of amides is 1. The van der Waals surface area contributed by atoms with Crippen molar-refractivity contribution in [2.75, 3.05) is 6.61 Å². The molecule has 1 amide bonds. The zero-order chi connectivity index (χ0) is 16.5. The van der Waals surface area contributed by atoms with Crippen molar-refractivity contribution in [2.45, 2.75) is 51.4 Å². The fourth-order valence-corrected chi connectivity index (χ4v) is 2.93. The topological polar surface area (TPSA) is 67.8 Å². The molecular formula is C16H22BrNO4. The van der Waals surface area contributed by atoms with E-state index in [-0.39, 0.29) is 6.61 Å². The number of halogens is 1. The molecule has 122 valence electrons. The van der Waals surface area contributed by atoms with Crippen LogP contribution in [0, 0.1) is 0 Å². The monoisotopic (exact) mass is 371 g/mol. The van der Waals surface area contributed by atoms with Crippen LogP contribution in [0.2, 0.25) is 0 Å². The molecule has 0 bridgehead atoms. The standard InChI is InChI=1S/C16H22BrNO4/c1-10(19)16(18-14(20)22-15(2,3)4)8-11-6-5-7-12(17)13(11)21-9-16/h5-7,10,19H,8-9H2,1-4H3,(H,18,20). The highest BCUT2D eigenvalue weighted by Gasteiger charge is 2.43. The minimum absolute atomic E-state index is 0.180. The van der Waals surface area contributed by atoms with E-state index in [1.807, 2.05) is 18.2 Å². The van der Waals surface area contributed by atoms with E-state index < -0.39 is 23.3 Å². The third-order valence-electron chi connectivity index (χ3n) is 3.58. The number of ether oxygens (including phenoxy) is 2. The highest BCUT2D eigenvalue weighted by atomic mass is 79.9. The van der Waals surface area contributed by atoms with Crippen LogP contribution in [-0.2, 0) is 11.2 Å². The molecule has 1 aliphatic heterocycles. The molecule has 0 radical (unpaired) electrons. The number of aliphatic hydroxyl groups is 1. The maximum absolute atomic E-state index is 12.1. The smallest absolute Gasteiger partial charge is 0.408 e. The Morgan fingerprint density at radius 1 is 1.50 bits per heavy atom. The summed E-state index contributed by atoms with van der Waals surface area (Å²) in [6.45, 7) is 7.21.